The second-order valence-electron chi connectivity index (χ2n) is 7.08. The molecule has 0 aromatic heterocycles. The summed E-state index contributed by atoms with van der Waals surface area (Å²) in [7, 11) is 0. The first kappa shape index (κ1) is 17.5. The maximum absolute atomic E-state index is 12.6. The summed E-state index contributed by atoms with van der Waals surface area (Å²) >= 11 is 0. The Morgan fingerprint density at radius 1 is 1.15 bits per heavy atom. The minimum absolute atomic E-state index is 0.0730. The molecule has 2 aliphatic heterocycles. The van der Waals surface area contributed by atoms with Crippen molar-refractivity contribution in [1.29, 1.82) is 0 Å². The van der Waals surface area contributed by atoms with Crippen molar-refractivity contribution >= 4 is 17.7 Å². The number of amides is 2. The van der Waals surface area contributed by atoms with E-state index in [-0.39, 0.29) is 18.6 Å². The first-order valence-electron chi connectivity index (χ1n) is 9.31. The third-order valence-corrected chi connectivity index (χ3v) is 5.13. The van der Waals surface area contributed by atoms with Crippen LogP contribution in [0.5, 0.6) is 0 Å². The highest BCUT2D eigenvalue weighted by atomic mass is 16.5. The quantitative estimate of drug-likeness (QED) is 0.873. The van der Waals surface area contributed by atoms with Crippen LogP contribution in [-0.4, -0.2) is 36.0 Å². The summed E-state index contributed by atoms with van der Waals surface area (Å²) in [6.07, 6.45) is 1.44. The van der Waals surface area contributed by atoms with Gasteiger partial charge in [-0.3, -0.25) is 15.0 Å². The fourth-order valence-electron chi connectivity index (χ4n) is 3.61. The minimum atomic E-state index is -0.457. The molecule has 2 aliphatic rings. The van der Waals surface area contributed by atoms with Gasteiger partial charge in [0.1, 0.15) is 6.61 Å². The molecule has 2 amide bonds. The minimum Gasteiger partial charge on any atom is -0.444 e. The van der Waals surface area contributed by atoms with Gasteiger partial charge in [-0.25, -0.2) is 4.79 Å². The molecule has 2 aromatic rings. The van der Waals surface area contributed by atoms with Crippen molar-refractivity contribution < 1.29 is 14.3 Å². The SMILES string of the molecule is O=C1Nc2ccc(C(=O)NC3CCN(Cc4ccccc4)CC3)cc2CO1. The number of hydrogen-bond acceptors (Lipinski definition) is 4. The van der Waals surface area contributed by atoms with Gasteiger partial charge in [-0.2, -0.15) is 0 Å². The van der Waals surface area contributed by atoms with Gasteiger partial charge in [0.2, 0.25) is 0 Å². The molecule has 0 unspecified atom stereocenters. The molecule has 2 aromatic carbocycles. The van der Waals surface area contributed by atoms with Crippen molar-refractivity contribution in [2.75, 3.05) is 18.4 Å². The molecule has 2 heterocycles. The molecule has 6 nitrogen and oxygen atoms in total. The van der Waals surface area contributed by atoms with E-state index in [9.17, 15) is 9.59 Å². The van der Waals surface area contributed by atoms with Crippen LogP contribution in [0.1, 0.15) is 34.3 Å². The van der Waals surface area contributed by atoms with Gasteiger partial charge in [-0.15, -0.1) is 0 Å². The lowest BCUT2D eigenvalue weighted by atomic mass is 10.0. The standard InChI is InChI=1S/C21H23N3O3/c25-20(16-6-7-19-17(12-16)14-27-21(26)23-19)22-18-8-10-24(11-9-18)13-15-4-2-1-3-5-15/h1-7,12,18H,8-11,13-14H2,(H,22,25)(H,23,26). The Morgan fingerprint density at radius 3 is 2.70 bits per heavy atom. The zero-order valence-electron chi connectivity index (χ0n) is 15.1. The van der Waals surface area contributed by atoms with Crippen LogP contribution < -0.4 is 10.6 Å². The molecule has 0 radical (unpaired) electrons. The second-order valence-corrected chi connectivity index (χ2v) is 7.08. The highest BCUT2D eigenvalue weighted by Gasteiger charge is 2.22. The number of nitrogens with one attached hydrogen (secondary N) is 2. The van der Waals surface area contributed by atoms with Gasteiger partial charge >= 0.3 is 6.09 Å². The number of benzene rings is 2. The Hall–Kier alpha value is -2.86. The molecule has 0 atom stereocenters. The van der Waals surface area contributed by atoms with Crippen LogP contribution in [0.4, 0.5) is 10.5 Å². The molecule has 1 saturated heterocycles. The maximum Gasteiger partial charge on any atom is 0.411 e. The molecule has 6 heteroatoms. The molecule has 1 fully saturated rings. The molecule has 0 saturated carbocycles. The molecular weight excluding hydrogens is 342 g/mol. The molecular formula is C21H23N3O3. The lowest BCUT2D eigenvalue weighted by Gasteiger charge is -2.32. The summed E-state index contributed by atoms with van der Waals surface area (Å²) in [6.45, 7) is 3.10. The second kappa shape index (κ2) is 7.80. The van der Waals surface area contributed by atoms with E-state index in [4.69, 9.17) is 4.74 Å². The topological polar surface area (TPSA) is 70.7 Å². The number of hydrogen-bond donors (Lipinski definition) is 2. The Morgan fingerprint density at radius 2 is 1.93 bits per heavy atom. The zero-order chi connectivity index (χ0) is 18.6. The molecule has 27 heavy (non-hydrogen) atoms. The van der Waals surface area contributed by atoms with Crippen LogP contribution in [-0.2, 0) is 17.9 Å². The Balaban J connectivity index is 1.30. The Bertz CT molecular complexity index is 830. The van der Waals surface area contributed by atoms with E-state index in [0.717, 1.165) is 38.0 Å². The largest absolute Gasteiger partial charge is 0.444 e. The van der Waals surface area contributed by atoms with Crippen LogP contribution in [0.2, 0.25) is 0 Å². The summed E-state index contributed by atoms with van der Waals surface area (Å²) in [5.74, 6) is -0.0730. The fourth-order valence-corrected chi connectivity index (χ4v) is 3.61. The highest BCUT2D eigenvalue weighted by Crippen LogP contribution is 2.23. The average Bonchev–Trinajstić information content (AvgIpc) is 2.70. The van der Waals surface area contributed by atoms with Gasteiger partial charge in [0, 0.05) is 36.8 Å². The van der Waals surface area contributed by atoms with Gasteiger partial charge in [-0.05, 0) is 36.6 Å². The molecule has 0 spiro atoms. The number of piperidine rings is 1. The number of cyclic esters (lactones) is 1. The number of ether oxygens (including phenoxy) is 1. The lowest BCUT2D eigenvalue weighted by molar-refractivity contribution is 0.0908. The molecule has 4 rings (SSSR count). The van der Waals surface area contributed by atoms with Crippen LogP contribution >= 0.6 is 0 Å². The zero-order valence-corrected chi connectivity index (χ0v) is 15.1. The summed E-state index contributed by atoms with van der Waals surface area (Å²) in [5.41, 5.74) is 3.44. The van der Waals surface area contributed by atoms with E-state index in [2.05, 4.69) is 39.8 Å². The highest BCUT2D eigenvalue weighted by molar-refractivity contribution is 5.96. The molecule has 0 bridgehead atoms. The summed E-state index contributed by atoms with van der Waals surface area (Å²) in [4.78, 5) is 26.2. The van der Waals surface area contributed by atoms with Gasteiger partial charge in [0.05, 0.1) is 5.69 Å². The van der Waals surface area contributed by atoms with E-state index in [0.29, 0.717) is 11.3 Å². The first-order valence-corrected chi connectivity index (χ1v) is 9.31. The number of anilines is 1. The Kier molecular flexibility index (Phi) is 5.07. The van der Waals surface area contributed by atoms with E-state index in [1.54, 1.807) is 18.2 Å². The molecule has 140 valence electrons. The van der Waals surface area contributed by atoms with Crippen molar-refractivity contribution in [3.05, 3.63) is 65.2 Å². The number of nitrogens with zero attached hydrogens (tertiary/aromatic N) is 1. The molecule has 2 N–H and O–H groups in total. The van der Waals surface area contributed by atoms with Crippen molar-refractivity contribution in [2.45, 2.75) is 32.0 Å². The fraction of sp³-hybridized carbons (Fsp3) is 0.333. The van der Waals surface area contributed by atoms with Gasteiger partial charge < -0.3 is 10.1 Å². The van der Waals surface area contributed by atoms with E-state index >= 15 is 0 Å². The summed E-state index contributed by atoms with van der Waals surface area (Å²) < 4.78 is 4.96. The number of fused-ring (bicyclic) bond motifs is 1. The number of carbonyl (C=O) groups excluding carboxylic acids is 2. The lowest BCUT2D eigenvalue weighted by Crippen LogP contribution is -2.44. The smallest absolute Gasteiger partial charge is 0.411 e. The number of carbonyl (C=O) groups is 2. The van der Waals surface area contributed by atoms with Crippen LogP contribution in [0.15, 0.2) is 48.5 Å². The summed E-state index contributed by atoms with van der Waals surface area (Å²) in [5, 5.41) is 5.78. The Labute approximate surface area is 158 Å². The molecule has 0 aliphatic carbocycles. The van der Waals surface area contributed by atoms with E-state index < -0.39 is 6.09 Å². The van der Waals surface area contributed by atoms with Gasteiger partial charge in [0.25, 0.3) is 5.91 Å². The normalized spacial score (nSPS) is 17.6. The number of likely N-dealkylation sites (tertiary alicyclic amines) is 1. The maximum atomic E-state index is 12.6. The summed E-state index contributed by atoms with van der Waals surface area (Å²) in [6, 6.07) is 15.9. The van der Waals surface area contributed by atoms with Gasteiger partial charge in [-0.1, -0.05) is 30.3 Å². The van der Waals surface area contributed by atoms with Crippen LogP contribution in [0, 0.1) is 0 Å². The predicted octanol–water partition coefficient (Wildman–Crippen LogP) is 3.14. The monoisotopic (exact) mass is 365 g/mol. The number of rotatable bonds is 4. The van der Waals surface area contributed by atoms with E-state index in [1.165, 1.54) is 5.56 Å². The predicted molar refractivity (Wildman–Crippen MR) is 102 cm³/mol. The third-order valence-electron chi connectivity index (χ3n) is 5.13. The van der Waals surface area contributed by atoms with Crippen LogP contribution in [0.25, 0.3) is 0 Å². The average molecular weight is 365 g/mol. The first-order chi connectivity index (χ1) is 13.2. The van der Waals surface area contributed by atoms with Crippen molar-refractivity contribution in [3.8, 4) is 0 Å². The van der Waals surface area contributed by atoms with Crippen molar-refractivity contribution in [3.63, 3.8) is 0 Å². The van der Waals surface area contributed by atoms with Crippen molar-refractivity contribution in [1.82, 2.24) is 10.2 Å². The van der Waals surface area contributed by atoms with Crippen LogP contribution in [0.3, 0.4) is 0 Å². The van der Waals surface area contributed by atoms with E-state index in [1.807, 2.05) is 6.07 Å². The van der Waals surface area contributed by atoms with Crippen molar-refractivity contribution in [2.24, 2.45) is 0 Å². The van der Waals surface area contributed by atoms with Gasteiger partial charge in [0.15, 0.2) is 0 Å². The third kappa shape index (κ3) is 4.28.